The van der Waals surface area contributed by atoms with Crippen molar-refractivity contribution in [3.05, 3.63) is 57.5 Å². The molecule has 106 valence electrons. The Morgan fingerprint density at radius 1 is 1.35 bits per heavy atom. The van der Waals surface area contributed by atoms with Gasteiger partial charge in [-0.1, -0.05) is 6.07 Å². The number of benzene rings is 1. The molecule has 0 radical (unpaired) electrons. The first kappa shape index (κ1) is 14.3. The van der Waals surface area contributed by atoms with Gasteiger partial charge in [0.1, 0.15) is 5.75 Å². The van der Waals surface area contributed by atoms with Crippen LogP contribution in [-0.4, -0.2) is 22.0 Å². The van der Waals surface area contributed by atoms with Crippen molar-refractivity contribution in [3.63, 3.8) is 0 Å². The average Bonchev–Trinajstić information content (AvgIpc) is 2.42. The van der Waals surface area contributed by atoms with Crippen molar-refractivity contribution in [2.45, 2.75) is 26.5 Å². The van der Waals surface area contributed by atoms with E-state index in [1.54, 1.807) is 32.2 Å². The number of hydrogen-bond donors (Lipinski definition) is 1. The molecule has 20 heavy (non-hydrogen) atoms. The van der Waals surface area contributed by atoms with Gasteiger partial charge in [-0.15, -0.1) is 0 Å². The third kappa shape index (κ3) is 3.05. The summed E-state index contributed by atoms with van der Waals surface area (Å²) in [6, 6.07) is 8.60. The highest BCUT2D eigenvalue weighted by molar-refractivity contribution is 5.38. The lowest BCUT2D eigenvalue weighted by molar-refractivity contribution is 0.199. The minimum absolute atomic E-state index is 0.167. The quantitative estimate of drug-likeness (QED) is 0.921. The molecule has 0 aliphatic heterocycles. The maximum Gasteiger partial charge on any atom is 0.267 e. The Morgan fingerprint density at radius 3 is 2.75 bits per heavy atom. The molecule has 2 aromatic rings. The lowest BCUT2D eigenvalue weighted by Gasteiger charge is -2.13. The molecule has 0 fully saturated rings. The summed E-state index contributed by atoms with van der Waals surface area (Å²) >= 11 is 0. The molecule has 1 aromatic heterocycles. The molecular formula is C15H18N2O3. The van der Waals surface area contributed by atoms with Crippen molar-refractivity contribution in [1.82, 2.24) is 9.78 Å². The van der Waals surface area contributed by atoms with Gasteiger partial charge in [-0.2, -0.15) is 5.10 Å². The van der Waals surface area contributed by atoms with Gasteiger partial charge in [-0.3, -0.25) is 4.79 Å². The summed E-state index contributed by atoms with van der Waals surface area (Å²) in [5.41, 5.74) is 2.20. The van der Waals surface area contributed by atoms with Gasteiger partial charge in [-0.25, -0.2) is 4.68 Å². The number of aliphatic hydroxyl groups excluding tert-OH is 1. The second-order valence-electron chi connectivity index (χ2n) is 4.72. The summed E-state index contributed by atoms with van der Waals surface area (Å²) in [5, 5.41) is 13.9. The van der Waals surface area contributed by atoms with Gasteiger partial charge in [0.15, 0.2) is 0 Å². The van der Waals surface area contributed by atoms with Gasteiger partial charge < -0.3 is 9.84 Å². The van der Waals surface area contributed by atoms with Crippen LogP contribution >= 0.6 is 0 Å². The number of methoxy groups -OCH3 is 1. The molecule has 0 saturated carbocycles. The van der Waals surface area contributed by atoms with E-state index < -0.39 is 6.10 Å². The zero-order chi connectivity index (χ0) is 14.7. The van der Waals surface area contributed by atoms with E-state index in [-0.39, 0.29) is 5.56 Å². The minimum Gasteiger partial charge on any atom is -0.496 e. The third-order valence-electron chi connectivity index (χ3n) is 3.11. The van der Waals surface area contributed by atoms with E-state index in [0.29, 0.717) is 12.3 Å². The Labute approximate surface area is 117 Å². The molecule has 1 unspecified atom stereocenters. The van der Waals surface area contributed by atoms with E-state index >= 15 is 0 Å². The van der Waals surface area contributed by atoms with Crippen molar-refractivity contribution in [2.24, 2.45) is 0 Å². The fraction of sp³-hybridized carbons (Fsp3) is 0.333. The summed E-state index contributed by atoms with van der Waals surface area (Å²) in [6.07, 6.45) is -0.568. The van der Waals surface area contributed by atoms with Crippen molar-refractivity contribution in [3.8, 4) is 5.75 Å². The largest absolute Gasteiger partial charge is 0.496 e. The van der Waals surface area contributed by atoms with Gasteiger partial charge in [-0.05, 0) is 37.6 Å². The smallest absolute Gasteiger partial charge is 0.267 e. The molecule has 5 heteroatoms. The van der Waals surface area contributed by atoms with Gasteiger partial charge in [0.05, 0.1) is 25.5 Å². The second-order valence-corrected chi connectivity index (χ2v) is 4.72. The van der Waals surface area contributed by atoms with Crippen LogP contribution in [0.5, 0.6) is 5.75 Å². The number of aryl methyl sites for hydroxylation is 1. The predicted molar refractivity (Wildman–Crippen MR) is 76.0 cm³/mol. The van der Waals surface area contributed by atoms with Gasteiger partial charge in [0, 0.05) is 11.6 Å². The topological polar surface area (TPSA) is 64.3 Å². The van der Waals surface area contributed by atoms with E-state index in [4.69, 9.17) is 4.74 Å². The summed E-state index contributed by atoms with van der Waals surface area (Å²) in [5.74, 6) is 0.671. The number of aromatic nitrogens is 2. The van der Waals surface area contributed by atoms with Crippen LogP contribution in [0.3, 0.4) is 0 Å². The number of ether oxygens (including phenoxy) is 1. The van der Waals surface area contributed by atoms with Crippen LogP contribution in [-0.2, 0) is 6.54 Å². The van der Waals surface area contributed by atoms with Crippen molar-refractivity contribution < 1.29 is 9.84 Å². The highest BCUT2D eigenvalue weighted by Gasteiger charge is 2.09. The summed E-state index contributed by atoms with van der Waals surface area (Å²) in [6.45, 7) is 3.84. The van der Waals surface area contributed by atoms with Crippen LogP contribution in [0.15, 0.2) is 35.1 Å². The monoisotopic (exact) mass is 274 g/mol. The standard InChI is InChI=1S/C15H18N2O3/c1-10-4-7-15(19)17(16-10)9-13-8-12(11(2)18)5-6-14(13)20-3/h4-8,11,18H,9H2,1-3H3. The molecule has 1 N–H and O–H groups in total. The summed E-state index contributed by atoms with van der Waals surface area (Å²) in [4.78, 5) is 11.8. The molecule has 0 aliphatic rings. The van der Waals surface area contributed by atoms with Gasteiger partial charge in [0.2, 0.25) is 0 Å². The molecule has 5 nitrogen and oxygen atoms in total. The normalized spacial score (nSPS) is 12.2. The molecular weight excluding hydrogens is 256 g/mol. The van der Waals surface area contributed by atoms with Crippen LogP contribution in [0.1, 0.15) is 29.8 Å². The molecule has 0 saturated heterocycles. The average molecular weight is 274 g/mol. The highest BCUT2D eigenvalue weighted by Crippen LogP contribution is 2.23. The molecule has 1 aromatic carbocycles. The van der Waals surface area contributed by atoms with Crippen molar-refractivity contribution >= 4 is 0 Å². The number of nitrogens with zero attached hydrogens (tertiary/aromatic N) is 2. The van der Waals surface area contributed by atoms with Crippen LogP contribution in [0.2, 0.25) is 0 Å². The second kappa shape index (κ2) is 5.88. The first-order valence-electron chi connectivity index (χ1n) is 6.41. The zero-order valence-electron chi connectivity index (χ0n) is 11.8. The lowest BCUT2D eigenvalue weighted by Crippen LogP contribution is -2.23. The molecule has 1 heterocycles. The van der Waals surface area contributed by atoms with Crippen LogP contribution < -0.4 is 10.3 Å². The zero-order valence-corrected chi connectivity index (χ0v) is 11.8. The predicted octanol–water partition coefficient (Wildman–Crippen LogP) is 1.66. The highest BCUT2D eigenvalue weighted by atomic mass is 16.5. The van der Waals surface area contributed by atoms with E-state index in [1.165, 1.54) is 10.7 Å². The summed E-state index contributed by atoms with van der Waals surface area (Å²) in [7, 11) is 1.58. The molecule has 0 amide bonds. The van der Waals surface area contributed by atoms with E-state index in [0.717, 1.165) is 16.8 Å². The number of hydrogen-bond acceptors (Lipinski definition) is 4. The van der Waals surface area contributed by atoms with E-state index in [2.05, 4.69) is 5.10 Å². The Morgan fingerprint density at radius 2 is 2.10 bits per heavy atom. The SMILES string of the molecule is COc1ccc(C(C)O)cc1Cn1nc(C)ccc1=O. The molecule has 2 rings (SSSR count). The number of rotatable bonds is 4. The first-order valence-corrected chi connectivity index (χ1v) is 6.41. The lowest BCUT2D eigenvalue weighted by atomic mass is 10.1. The van der Waals surface area contributed by atoms with Crippen molar-refractivity contribution in [1.29, 1.82) is 0 Å². The Balaban J connectivity index is 2.43. The summed E-state index contributed by atoms with van der Waals surface area (Å²) < 4.78 is 6.69. The minimum atomic E-state index is -0.568. The molecule has 1 atom stereocenters. The molecule has 0 aliphatic carbocycles. The van der Waals surface area contributed by atoms with E-state index in [9.17, 15) is 9.90 Å². The fourth-order valence-corrected chi connectivity index (χ4v) is 2.01. The Bertz CT molecular complexity index is 662. The van der Waals surface area contributed by atoms with Gasteiger partial charge >= 0.3 is 0 Å². The number of aliphatic hydroxyl groups is 1. The van der Waals surface area contributed by atoms with Crippen LogP contribution in [0.25, 0.3) is 0 Å². The fourth-order valence-electron chi connectivity index (χ4n) is 2.01. The van der Waals surface area contributed by atoms with E-state index in [1.807, 2.05) is 13.0 Å². The van der Waals surface area contributed by atoms with Crippen LogP contribution in [0.4, 0.5) is 0 Å². The third-order valence-corrected chi connectivity index (χ3v) is 3.11. The first-order chi connectivity index (χ1) is 9.51. The Kier molecular flexibility index (Phi) is 4.20. The molecule has 0 spiro atoms. The maximum absolute atomic E-state index is 11.8. The Hall–Kier alpha value is -2.14. The molecule has 0 bridgehead atoms. The van der Waals surface area contributed by atoms with Gasteiger partial charge in [0.25, 0.3) is 5.56 Å². The van der Waals surface area contributed by atoms with Crippen molar-refractivity contribution in [2.75, 3.05) is 7.11 Å². The van der Waals surface area contributed by atoms with Crippen LogP contribution in [0, 0.1) is 6.92 Å². The maximum atomic E-state index is 11.8.